The number of nitrogens with zero attached hydrogens (tertiary/aromatic N) is 1. The Balaban J connectivity index is 1.59. The van der Waals surface area contributed by atoms with Gasteiger partial charge in [-0.15, -0.1) is 0 Å². The molecule has 4 aliphatic rings. The fourth-order valence-electron chi connectivity index (χ4n) is 4.49. The highest BCUT2D eigenvalue weighted by atomic mass is 16.6. The number of carboxylic acids is 1. The van der Waals surface area contributed by atoms with E-state index in [-0.39, 0.29) is 23.4 Å². The molecule has 5 rings (SSSR count). The van der Waals surface area contributed by atoms with E-state index < -0.39 is 22.7 Å². The van der Waals surface area contributed by atoms with E-state index in [4.69, 9.17) is 0 Å². The quantitative estimate of drug-likeness (QED) is 0.501. The van der Waals surface area contributed by atoms with Crippen molar-refractivity contribution in [2.75, 3.05) is 5.32 Å². The summed E-state index contributed by atoms with van der Waals surface area (Å²) < 4.78 is 0. The molecule has 1 aromatic rings. The first-order valence-electron chi connectivity index (χ1n) is 7.94. The van der Waals surface area contributed by atoms with Gasteiger partial charge in [-0.25, -0.2) is 0 Å². The van der Waals surface area contributed by atoms with Crippen LogP contribution < -0.4 is 5.32 Å². The van der Waals surface area contributed by atoms with Crippen LogP contribution in [0.2, 0.25) is 0 Å². The van der Waals surface area contributed by atoms with E-state index in [0.29, 0.717) is 17.5 Å². The first-order chi connectivity index (χ1) is 11.5. The Hall–Kier alpha value is -2.70. The Morgan fingerprint density at radius 1 is 1.17 bits per heavy atom. The van der Waals surface area contributed by atoms with E-state index in [1.165, 1.54) is 18.2 Å². The number of non-ortho nitro benzene ring substituents is 1. The SMILES string of the molecule is O=C(O)[C@@H]1[C@@H]2C=C[C@@H]([C@@H]3C[C@H]23)[C@@H]1C(=O)Nc1cccc([N+](=O)[O-])c1. The van der Waals surface area contributed by atoms with Crippen LogP contribution in [0.1, 0.15) is 6.42 Å². The molecule has 0 aliphatic heterocycles. The molecular weight excluding hydrogens is 312 g/mol. The lowest BCUT2D eigenvalue weighted by atomic mass is 9.62. The van der Waals surface area contributed by atoms with E-state index in [1.807, 2.05) is 12.2 Å². The minimum atomic E-state index is -0.945. The molecule has 1 aromatic carbocycles. The summed E-state index contributed by atoms with van der Waals surface area (Å²) in [6.07, 6.45) is 4.91. The van der Waals surface area contributed by atoms with Gasteiger partial charge < -0.3 is 10.4 Å². The minimum absolute atomic E-state index is 0.0557. The summed E-state index contributed by atoms with van der Waals surface area (Å²) >= 11 is 0. The van der Waals surface area contributed by atoms with Gasteiger partial charge >= 0.3 is 5.97 Å². The van der Waals surface area contributed by atoms with Crippen molar-refractivity contribution < 1.29 is 19.6 Å². The van der Waals surface area contributed by atoms with Crippen LogP contribution in [0.5, 0.6) is 0 Å². The van der Waals surface area contributed by atoms with Crippen molar-refractivity contribution in [3.63, 3.8) is 0 Å². The number of carbonyl (C=O) groups is 2. The molecule has 6 atom stereocenters. The predicted molar refractivity (Wildman–Crippen MR) is 84.1 cm³/mol. The summed E-state index contributed by atoms with van der Waals surface area (Å²) in [4.78, 5) is 34.8. The first kappa shape index (κ1) is 14.9. The van der Waals surface area contributed by atoms with Gasteiger partial charge in [-0.3, -0.25) is 19.7 Å². The maximum Gasteiger partial charge on any atom is 0.307 e. The normalized spacial score (nSPS) is 35.2. The Bertz CT molecular complexity index is 774. The second-order valence-corrected chi connectivity index (χ2v) is 6.79. The number of benzene rings is 1. The van der Waals surface area contributed by atoms with Gasteiger partial charge in [-0.05, 0) is 36.2 Å². The molecule has 0 radical (unpaired) electrons. The first-order valence-corrected chi connectivity index (χ1v) is 7.94. The zero-order chi connectivity index (χ0) is 17.0. The molecule has 0 heterocycles. The van der Waals surface area contributed by atoms with Gasteiger partial charge in [-0.1, -0.05) is 18.2 Å². The van der Waals surface area contributed by atoms with Crippen molar-refractivity contribution in [2.45, 2.75) is 6.42 Å². The summed E-state index contributed by atoms with van der Waals surface area (Å²) in [5, 5.41) is 23.1. The molecule has 2 N–H and O–H groups in total. The van der Waals surface area contributed by atoms with Gasteiger partial charge in [0.25, 0.3) is 5.69 Å². The average Bonchev–Trinajstić information content (AvgIpc) is 3.36. The highest BCUT2D eigenvalue weighted by molar-refractivity contribution is 5.96. The zero-order valence-corrected chi connectivity index (χ0v) is 12.7. The number of fused-ring (bicyclic) bond motifs is 1. The molecule has 2 fully saturated rings. The number of carbonyl (C=O) groups excluding carboxylic acids is 1. The van der Waals surface area contributed by atoms with Gasteiger partial charge in [-0.2, -0.15) is 0 Å². The number of rotatable bonds is 4. The molecule has 0 saturated heterocycles. The van der Waals surface area contributed by atoms with E-state index in [2.05, 4.69) is 5.32 Å². The lowest BCUT2D eigenvalue weighted by Crippen LogP contribution is -2.48. The molecule has 0 aromatic heterocycles. The monoisotopic (exact) mass is 328 g/mol. The number of anilines is 1. The number of hydrogen-bond acceptors (Lipinski definition) is 4. The van der Waals surface area contributed by atoms with Crippen LogP contribution in [-0.2, 0) is 9.59 Å². The molecule has 7 nitrogen and oxygen atoms in total. The number of nitrogens with one attached hydrogen (secondary N) is 1. The fourth-order valence-corrected chi connectivity index (χ4v) is 4.49. The summed E-state index contributed by atoms with van der Waals surface area (Å²) in [7, 11) is 0. The van der Waals surface area contributed by atoms with E-state index in [0.717, 1.165) is 6.42 Å². The Morgan fingerprint density at radius 2 is 1.83 bits per heavy atom. The molecule has 0 unspecified atom stereocenters. The summed E-state index contributed by atoms with van der Waals surface area (Å²) in [5.74, 6) is -2.01. The number of nitro benzene ring substituents is 1. The van der Waals surface area contributed by atoms with Gasteiger partial charge in [0.15, 0.2) is 0 Å². The number of amides is 1. The standard InChI is InChI=1S/C17H16N2O5/c20-16(18-8-2-1-3-9(6-8)19(23)24)14-10-4-5-11(13-7-12(10)13)15(14)17(21)22/h1-6,10-15H,7H2,(H,18,20)(H,21,22)/t10-,11+,12-,13+,14-,15+/m0/s1. The third-order valence-corrected chi connectivity index (χ3v) is 5.56. The second kappa shape index (κ2) is 5.15. The van der Waals surface area contributed by atoms with Crippen LogP contribution in [0.25, 0.3) is 0 Å². The van der Waals surface area contributed by atoms with Gasteiger partial charge in [0, 0.05) is 17.8 Å². The van der Waals surface area contributed by atoms with Crippen molar-refractivity contribution in [1.29, 1.82) is 0 Å². The molecular formula is C17H16N2O5. The largest absolute Gasteiger partial charge is 0.481 e. The van der Waals surface area contributed by atoms with Crippen molar-refractivity contribution >= 4 is 23.3 Å². The molecule has 4 aliphatic carbocycles. The van der Waals surface area contributed by atoms with Crippen molar-refractivity contribution in [3.8, 4) is 0 Å². The highest BCUT2D eigenvalue weighted by Crippen LogP contribution is 2.63. The second-order valence-electron chi connectivity index (χ2n) is 6.79. The topological polar surface area (TPSA) is 110 Å². The van der Waals surface area contributed by atoms with E-state index >= 15 is 0 Å². The maximum atomic E-state index is 12.7. The van der Waals surface area contributed by atoms with Crippen molar-refractivity contribution in [2.24, 2.45) is 35.5 Å². The Labute approximate surface area is 137 Å². The predicted octanol–water partition coefficient (Wildman–Crippen LogP) is 2.30. The maximum absolute atomic E-state index is 12.7. The summed E-state index contributed by atoms with van der Waals surface area (Å²) in [6, 6.07) is 5.68. The Morgan fingerprint density at radius 3 is 2.46 bits per heavy atom. The number of allylic oxidation sites excluding steroid dienone is 2. The average molecular weight is 328 g/mol. The molecule has 1 amide bonds. The smallest absolute Gasteiger partial charge is 0.307 e. The number of carboxylic acid groups (broad SMARTS) is 1. The number of nitro groups is 1. The van der Waals surface area contributed by atoms with Gasteiger partial charge in [0.05, 0.1) is 16.8 Å². The van der Waals surface area contributed by atoms with E-state index in [1.54, 1.807) is 6.07 Å². The number of aliphatic carboxylic acids is 1. The zero-order valence-electron chi connectivity index (χ0n) is 12.7. The van der Waals surface area contributed by atoms with Crippen molar-refractivity contribution in [1.82, 2.24) is 0 Å². The molecule has 0 spiro atoms. The lowest BCUT2D eigenvalue weighted by Gasteiger charge is -2.41. The van der Waals surface area contributed by atoms with Crippen LogP contribution in [0.4, 0.5) is 11.4 Å². The summed E-state index contributed by atoms with van der Waals surface area (Å²) in [5.41, 5.74) is 0.200. The van der Waals surface area contributed by atoms with Crippen LogP contribution in [0.3, 0.4) is 0 Å². The van der Waals surface area contributed by atoms with Crippen molar-refractivity contribution in [3.05, 3.63) is 46.5 Å². The van der Waals surface area contributed by atoms with Crippen LogP contribution >= 0.6 is 0 Å². The van der Waals surface area contributed by atoms with Gasteiger partial charge in [0.2, 0.25) is 5.91 Å². The molecule has 24 heavy (non-hydrogen) atoms. The van der Waals surface area contributed by atoms with Crippen LogP contribution in [-0.4, -0.2) is 21.9 Å². The molecule has 7 heteroatoms. The third-order valence-electron chi connectivity index (χ3n) is 5.56. The highest BCUT2D eigenvalue weighted by Gasteiger charge is 2.62. The van der Waals surface area contributed by atoms with Crippen LogP contribution in [0.15, 0.2) is 36.4 Å². The lowest BCUT2D eigenvalue weighted by molar-refractivity contribution is -0.384. The summed E-state index contributed by atoms with van der Waals surface area (Å²) in [6.45, 7) is 0. The third kappa shape index (κ3) is 2.19. The van der Waals surface area contributed by atoms with E-state index in [9.17, 15) is 24.8 Å². The molecule has 2 bridgehead atoms. The minimum Gasteiger partial charge on any atom is -0.481 e. The van der Waals surface area contributed by atoms with Crippen LogP contribution in [0, 0.1) is 45.6 Å². The van der Waals surface area contributed by atoms with Gasteiger partial charge in [0.1, 0.15) is 0 Å². The molecule has 124 valence electrons. The number of hydrogen-bond donors (Lipinski definition) is 2. The molecule has 2 saturated carbocycles. The Kier molecular flexibility index (Phi) is 3.19. The fraction of sp³-hybridized carbons (Fsp3) is 0.412.